The Morgan fingerprint density at radius 2 is 1.86 bits per heavy atom. The number of hydrogen-bond donors (Lipinski definition) is 0. The van der Waals surface area contributed by atoms with E-state index in [-0.39, 0.29) is 0 Å². The molecule has 2 rings (SSSR count). The minimum atomic E-state index is 0.781. The average molecular weight is 184 g/mol. The van der Waals surface area contributed by atoms with Gasteiger partial charge in [0, 0.05) is 5.56 Å². The van der Waals surface area contributed by atoms with Gasteiger partial charge in [-0.3, -0.25) is 4.79 Å². The van der Waals surface area contributed by atoms with Crippen LogP contribution in [0.3, 0.4) is 0 Å². The van der Waals surface area contributed by atoms with Gasteiger partial charge in [0.1, 0.15) is 0 Å². The number of aryl methyl sites for hydroxylation is 2. The van der Waals surface area contributed by atoms with Crippen LogP contribution in [0.2, 0.25) is 0 Å². The van der Waals surface area contributed by atoms with Crippen molar-refractivity contribution in [2.75, 3.05) is 0 Å². The zero-order valence-corrected chi connectivity index (χ0v) is 8.37. The highest BCUT2D eigenvalue weighted by Crippen LogP contribution is 2.23. The van der Waals surface area contributed by atoms with Crippen LogP contribution in [0.1, 0.15) is 21.5 Å². The van der Waals surface area contributed by atoms with E-state index < -0.39 is 0 Å². The molecule has 0 saturated heterocycles. The highest BCUT2D eigenvalue weighted by atomic mass is 16.1. The monoisotopic (exact) mass is 184 g/mol. The fourth-order valence-electron chi connectivity index (χ4n) is 1.80. The third-order valence-electron chi connectivity index (χ3n) is 2.74. The molecular formula is C13H12O. The molecular weight excluding hydrogens is 172 g/mol. The van der Waals surface area contributed by atoms with Gasteiger partial charge in [-0.2, -0.15) is 0 Å². The second kappa shape index (κ2) is 3.26. The topological polar surface area (TPSA) is 17.1 Å². The van der Waals surface area contributed by atoms with Gasteiger partial charge < -0.3 is 0 Å². The van der Waals surface area contributed by atoms with Crippen molar-refractivity contribution in [2.24, 2.45) is 0 Å². The molecule has 0 atom stereocenters. The largest absolute Gasteiger partial charge is 0.298 e. The van der Waals surface area contributed by atoms with E-state index in [1.54, 1.807) is 0 Å². The maximum atomic E-state index is 10.9. The highest BCUT2D eigenvalue weighted by molar-refractivity contribution is 6.00. The van der Waals surface area contributed by atoms with Crippen LogP contribution in [0.5, 0.6) is 0 Å². The summed E-state index contributed by atoms with van der Waals surface area (Å²) in [7, 11) is 0. The molecule has 0 amide bonds. The fraction of sp³-hybridized carbons (Fsp3) is 0.154. The summed E-state index contributed by atoms with van der Waals surface area (Å²) in [6.45, 7) is 4.13. The summed E-state index contributed by atoms with van der Waals surface area (Å²) in [6.07, 6.45) is 0.925. The Hall–Kier alpha value is -1.63. The zero-order valence-electron chi connectivity index (χ0n) is 8.37. The van der Waals surface area contributed by atoms with Crippen LogP contribution in [0.25, 0.3) is 10.8 Å². The Morgan fingerprint density at radius 1 is 1.07 bits per heavy atom. The van der Waals surface area contributed by atoms with Crippen molar-refractivity contribution < 1.29 is 4.79 Å². The maximum absolute atomic E-state index is 10.9. The Bertz CT molecular complexity index is 498. The van der Waals surface area contributed by atoms with Crippen molar-refractivity contribution in [3.63, 3.8) is 0 Å². The molecule has 1 heteroatoms. The van der Waals surface area contributed by atoms with Gasteiger partial charge >= 0.3 is 0 Å². The van der Waals surface area contributed by atoms with Crippen LogP contribution in [-0.4, -0.2) is 6.29 Å². The molecule has 0 aliphatic heterocycles. The molecule has 0 spiro atoms. The summed E-state index contributed by atoms with van der Waals surface area (Å²) >= 11 is 0. The Morgan fingerprint density at radius 3 is 2.57 bits per heavy atom. The molecule has 0 heterocycles. The Kier molecular flexibility index (Phi) is 2.08. The van der Waals surface area contributed by atoms with E-state index >= 15 is 0 Å². The first-order valence-electron chi connectivity index (χ1n) is 4.68. The maximum Gasteiger partial charge on any atom is 0.150 e. The van der Waals surface area contributed by atoms with Crippen LogP contribution in [0.4, 0.5) is 0 Å². The second-order valence-electron chi connectivity index (χ2n) is 3.57. The molecule has 1 nitrogen and oxygen atoms in total. The molecule has 70 valence electrons. The summed E-state index contributed by atoms with van der Waals surface area (Å²) in [6, 6.07) is 9.97. The predicted molar refractivity (Wildman–Crippen MR) is 58.8 cm³/mol. The molecule has 0 aliphatic carbocycles. The summed E-state index contributed by atoms with van der Waals surface area (Å²) in [5.41, 5.74) is 3.21. The molecule has 2 aromatic carbocycles. The van der Waals surface area contributed by atoms with Crippen LogP contribution >= 0.6 is 0 Å². The molecule has 0 radical (unpaired) electrons. The zero-order chi connectivity index (χ0) is 10.1. The Labute approximate surface area is 83.4 Å². The lowest BCUT2D eigenvalue weighted by Gasteiger charge is -2.07. The average Bonchev–Trinajstić information content (AvgIpc) is 2.23. The first-order valence-corrected chi connectivity index (χ1v) is 4.68. The second-order valence-corrected chi connectivity index (χ2v) is 3.57. The van der Waals surface area contributed by atoms with E-state index in [0.29, 0.717) is 0 Å². The number of aldehydes is 1. The van der Waals surface area contributed by atoms with Crippen LogP contribution in [0, 0.1) is 13.8 Å². The summed E-state index contributed by atoms with van der Waals surface area (Å²) < 4.78 is 0. The van der Waals surface area contributed by atoms with E-state index in [1.165, 1.54) is 11.1 Å². The smallest absolute Gasteiger partial charge is 0.150 e. The quantitative estimate of drug-likeness (QED) is 0.622. The van der Waals surface area contributed by atoms with Crippen molar-refractivity contribution in [2.45, 2.75) is 13.8 Å². The molecule has 0 N–H and O–H groups in total. The Balaban J connectivity index is 2.96. The normalized spacial score (nSPS) is 10.4. The number of carbonyl (C=O) groups excluding carboxylic acids is 1. The number of fused-ring (bicyclic) bond motifs is 1. The van der Waals surface area contributed by atoms with Crippen LogP contribution in [-0.2, 0) is 0 Å². The lowest BCUT2D eigenvalue weighted by atomic mass is 9.97. The predicted octanol–water partition coefficient (Wildman–Crippen LogP) is 3.27. The minimum absolute atomic E-state index is 0.781. The molecule has 0 fully saturated rings. The van der Waals surface area contributed by atoms with Crippen molar-refractivity contribution in [1.82, 2.24) is 0 Å². The number of rotatable bonds is 1. The fourth-order valence-corrected chi connectivity index (χ4v) is 1.80. The van der Waals surface area contributed by atoms with E-state index in [1.807, 2.05) is 18.2 Å². The lowest BCUT2D eigenvalue weighted by Crippen LogP contribution is -1.89. The van der Waals surface area contributed by atoms with Crippen molar-refractivity contribution in [1.29, 1.82) is 0 Å². The SMILES string of the molecule is Cc1ccc2cccc(C=O)c2c1C. The van der Waals surface area contributed by atoms with E-state index in [0.717, 1.165) is 22.6 Å². The van der Waals surface area contributed by atoms with Gasteiger partial charge in [0.05, 0.1) is 0 Å². The van der Waals surface area contributed by atoms with Crippen molar-refractivity contribution >= 4 is 17.1 Å². The molecule has 14 heavy (non-hydrogen) atoms. The number of hydrogen-bond acceptors (Lipinski definition) is 1. The molecule has 0 bridgehead atoms. The van der Waals surface area contributed by atoms with Gasteiger partial charge in [-0.1, -0.05) is 30.3 Å². The summed E-state index contributed by atoms with van der Waals surface area (Å²) in [4.78, 5) is 10.9. The minimum Gasteiger partial charge on any atom is -0.298 e. The molecule has 0 unspecified atom stereocenters. The van der Waals surface area contributed by atoms with Gasteiger partial charge in [0.2, 0.25) is 0 Å². The van der Waals surface area contributed by atoms with Gasteiger partial charge in [0.25, 0.3) is 0 Å². The van der Waals surface area contributed by atoms with E-state index in [2.05, 4.69) is 26.0 Å². The van der Waals surface area contributed by atoms with Crippen LogP contribution in [0.15, 0.2) is 30.3 Å². The highest BCUT2D eigenvalue weighted by Gasteiger charge is 2.04. The van der Waals surface area contributed by atoms with Gasteiger partial charge in [-0.25, -0.2) is 0 Å². The number of carbonyl (C=O) groups is 1. The van der Waals surface area contributed by atoms with Gasteiger partial charge in [-0.05, 0) is 35.7 Å². The van der Waals surface area contributed by atoms with E-state index in [4.69, 9.17) is 0 Å². The lowest BCUT2D eigenvalue weighted by molar-refractivity contribution is 0.112. The van der Waals surface area contributed by atoms with Crippen molar-refractivity contribution in [3.8, 4) is 0 Å². The third kappa shape index (κ3) is 1.22. The molecule has 0 aromatic heterocycles. The molecule has 2 aromatic rings. The standard InChI is InChI=1S/C13H12O/c1-9-6-7-11-4-3-5-12(8-14)13(11)10(9)2/h3-8H,1-2H3. The number of benzene rings is 2. The summed E-state index contributed by atoms with van der Waals surface area (Å²) in [5.74, 6) is 0. The summed E-state index contributed by atoms with van der Waals surface area (Å²) in [5, 5.41) is 2.22. The first-order chi connectivity index (χ1) is 6.74. The van der Waals surface area contributed by atoms with Gasteiger partial charge in [0.15, 0.2) is 6.29 Å². The molecule has 0 aliphatic rings. The molecule has 0 saturated carbocycles. The van der Waals surface area contributed by atoms with Crippen molar-refractivity contribution in [3.05, 3.63) is 47.0 Å². The van der Waals surface area contributed by atoms with Gasteiger partial charge in [-0.15, -0.1) is 0 Å². The first kappa shape index (κ1) is 8.95. The van der Waals surface area contributed by atoms with E-state index in [9.17, 15) is 4.79 Å². The van der Waals surface area contributed by atoms with Crippen LogP contribution < -0.4 is 0 Å². The third-order valence-corrected chi connectivity index (χ3v) is 2.74.